The molecule has 2 saturated heterocycles. The largest absolute Gasteiger partial charge is 0.479 e. The molecule has 2 fully saturated rings. The number of carboxylic acids is 1. The highest BCUT2D eigenvalue weighted by atomic mass is 19.3. The minimum atomic E-state index is -2.75. The van der Waals surface area contributed by atoms with Gasteiger partial charge >= 0.3 is 5.97 Å². The molecule has 10 heteroatoms. The van der Waals surface area contributed by atoms with Crippen LogP contribution in [0.2, 0.25) is 0 Å². The average Bonchev–Trinajstić information content (AvgIpc) is 3.16. The monoisotopic (exact) mass is 355 g/mol. The van der Waals surface area contributed by atoms with Crippen molar-refractivity contribution in [2.45, 2.75) is 50.6 Å². The number of ether oxygens (including phenoxy) is 3. The Morgan fingerprint density at radius 1 is 1.32 bits per heavy atom. The Kier molecular flexibility index (Phi) is 3.53. The zero-order valence-corrected chi connectivity index (χ0v) is 13.3. The molecule has 2 aliphatic heterocycles. The summed E-state index contributed by atoms with van der Waals surface area (Å²) < 4.78 is 44.8. The molecule has 4 atom stereocenters. The number of hydrogen-bond acceptors (Lipinski definition) is 6. The highest BCUT2D eigenvalue weighted by molar-refractivity contribution is 5.79. The van der Waals surface area contributed by atoms with E-state index in [1.165, 1.54) is 16.8 Å². The molecule has 4 rings (SSSR count). The number of hydrogen-bond donors (Lipinski definition) is 1. The van der Waals surface area contributed by atoms with Crippen LogP contribution in [0.4, 0.5) is 8.78 Å². The zero-order chi connectivity index (χ0) is 17.9. The minimum absolute atomic E-state index is 0.176. The van der Waals surface area contributed by atoms with Crippen molar-refractivity contribution in [3.63, 3.8) is 0 Å². The van der Waals surface area contributed by atoms with E-state index in [0.29, 0.717) is 0 Å². The molecule has 8 nitrogen and oxygen atoms in total. The van der Waals surface area contributed by atoms with Crippen LogP contribution in [0.1, 0.15) is 32.2 Å². The van der Waals surface area contributed by atoms with Crippen molar-refractivity contribution in [1.29, 1.82) is 0 Å². The van der Waals surface area contributed by atoms with Crippen LogP contribution in [0.25, 0.3) is 11.0 Å². The predicted molar refractivity (Wildman–Crippen MR) is 77.9 cm³/mol. The van der Waals surface area contributed by atoms with Gasteiger partial charge in [0, 0.05) is 11.6 Å². The van der Waals surface area contributed by atoms with E-state index in [-0.39, 0.29) is 11.0 Å². The fraction of sp³-hybridized carbons (Fsp3) is 0.533. The summed E-state index contributed by atoms with van der Waals surface area (Å²) in [6.07, 6.45) is -3.83. The first-order valence-electron chi connectivity index (χ1n) is 7.62. The standard InChI is InChI=1S/C15H15F2N3O5/c1-15(2)24-8-9(25-15)13(23-10(8)14(21)22)20-4-3-6-7(11(16)17)18-5-19-12(6)20/h3-5,8-11,13H,1-2H3,(H,21,22)/t8-,9+,10-,13+/m0/s1. The molecule has 2 aliphatic rings. The van der Waals surface area contributed by atoms with Crippen molar-refractivity contribution in [1.82, 2.24) is 14.5 Å². The summed E-state index contributed by atoms with van der Waals surface area (Å²) in [5.74, 6) is -2.16. The number of aliphatic carboxylic acids is 1. The lowest BCUT2D eigenvalue weighted by Crippen LogP contribution is -2.35. The molecule has 0 amide bonds. The van der Waals surface area contributed by atoms with Gasteiger partial charge in [0.2, 0.25) is 0 Å². The first-order chi connectivity index (χ1) is 11.8. The molecule has 0 spiro atoms. The summed E-state index contributed by atoms with van der Waals surface area (Å²) in [7, 11) is 0. The van der Waals surface area contributed by atoms with Crippen molar-refractivity contribution in [2.75, 3.05) is 0 Å². The van der Waals surface area contributed by atoms with Crippen LogP contribution >= 0.6 is 0 Å². The number of nitrogens with zero attached hydrogens (tertiary/aromatic N) is 3. The van der Waals surface area contributed by atoms with E-state index in [9.17, 15) is 18.7 Å². The first-order valence-corrected chi connectivity index (χ1v) is 7.62. The van der Waals surface area contributed by atoms with E-state index in [4.69, 9.17) is 14.2 Å². The second-order valence-corrected chi connectivity index (χ2v) is 6.37. The predicted octanol–water partition coefficient (Wildman–Crippen LogP) is 1.87. The van der Waals surface area contributed by atoms with Gasteiger partial charge in [-0.25, -0.2) is 23.5 Å². The SMILES string of the molecule is CC1(C)O[C@@H]2[C@H](O1)[C@@H](C(=O)O)O[C@H]2n1ccc2c(C(F)F)ncnc21. The van der Waals surface area contributed by atoms with Gasteiger partial charge in [-0.05, 0) is 19.9 Å². The van der Waals surface area contributed by atoms with E-state index in [0.717, 1.165) is 6.33 Å². The Hall–Kier alpha value is -2.17. The lowest BCUT2D eigenvalue weighted by molar-refractivity contribution is -0.202. The molecule has 0 unspecified atom stereocenters. The van der Waals surface area contributed by atoms with Crippen LogP contribution in [0.5, 0.6) is 0 Å². The summed E-state index contributed by atoms with van der Waals surface area (Å²) >= 11 is 0. The van der Waals surface area contributed by atoms with Gasteiger partial charge in [0.25, 0.3) is 6.43 Å². The average molecular weight is 355 g/mol. The summed E-state index contributed by atoms with van der Waals surface area (Å²) in [6, 6.07) is 1.45. The number of fused-ring (bicyclic) bond motifs is 2. The van der Waals surface area contributed by atoms with E-state index < -0.39 is 48.4 Å². The third kappa shape index (κ3) is 2.48. The fourth-order valence-electron chi connectivity index (χ4n) is 3.37. The van der Waals surface area contributed by atoms with Gasteiger partial charge in [0.15, 0.2) is 18.1 Å². The van der Waals surface area contributed by atoms with Crippen LogP contribution in [0, 0.1) is 0 Å². The Balaban J connectivity index is 1.78. The summed E-state index contributed by atoms with van der Waals surface area (Å²) in [5.41, 5.74) is -0.176. The zero-order valence-electron chi connectivity index (χ0n) is 13.3. The van der Waals surface area contributed by atoms with Crippen molar-refractivity contribution in [3.8, 4) is 0 Å². The van der Waals surface area contributed by atoms with Crippen LogP contribution in [0.3, 0.4) is 0 Å². The highest BCUT2D eigenvalue weighted by Gasteiger charge is 2.58. The van der Waals surface area contributed by atoms with E-state index in [2.05, 4.69) is 9.97 Å². The van der Waals surface area contributed by atoms with Gasteiger partial charge < -0.3 is 23.9 Å². The molecule has 4 heterocycles. The smallest absolute Gasteiger partial charge is 0.335 e. The number of aromatic nitrogens is 3. The quantitative estimate of drug-likeness (QED) is 0.898. The van der Waals surface area contributed by atoms with Gasteiger partial charge in [-0.1, -0.05) is 0 Å². The molecular weight excluding hydrogens is 340 g/mol. The van der Waals surface area contributed by atoms with E-state index >= 15 is 0 Å². The van der Waals surface area contributed by atoms with Gasteiger partial charge in [0.05, 0.1) is 0 Å². The Morgan fingerprint density at radius 2 is 2.04 bits per heavy atom. The normalized spacial score (nSPS) is 30.9. The maximum atomic E-state index is 13.1. The van der Waals surface area contributed by atoms with Crippen molar-refractivity contribution in [2.24, 2.45) is 0 Å². The molecule has 0 aliphatic carbocycles. The number of carboxylic acid groups (broad SMARTS) is 1. The van der Waals surface area contributed by atoms with Crippen LogP contribution in [-0.2, 0) is 19.0 Å². The van der Waals surface area contributed by atoms with Gasteiger partial charge in [-0.3, -0.25) is 0 Å². The topological polar surface area (TPSA) is 95.7 Å². The fourth-order valence-corrected chi connectivity index (χ4v) is 3.37. The molecule has 1 N–H and O–H groups in total. The van der Waals surface area contributed by atoms with Gasteiger partial charge in [-0.15, -0.1) is 0 Å². The Bertz CT molecular complexity index is 840. The molecule has 134 valence electrons. The third-order valence-corrected chi connectivity index (χ3v) is 4.29. The van der Waals surface area contributed by atoms with Crippen molar-refractivity contribution in [3.05, 3.63) is 24.3 Å². The van der Waals surface area contributed by atoms with Crippen molar-refractivity contribution < 1.29 is 32.9 Å². The Labute approximate surface area is 140 Å². The summed E-state index contributed by atoms with van der Waals surface area (Å²) in [6.45, 7) is 3.35. The molecular formula is C15H15F2N3O5. The van der Waals surface area contributed by atoms with Gasteiger partial charge in [0.1, 0.15) is 29.9 Å². The van der Waals surface area contributed by atoms with Crippen LogP contribution in [0.15, 0.2) is 18.6 Å². The number of halogens is 2. The van der Waals surface area contributed by atoms with Crippen LogP contribution < -0.4 is 0 Å². The number of alkyl halides is 2. The third-order valence-electron chi connectivity index (χ3n) is 4.29. The van der Waals surface area contributed by atoms with E-state index in [1.807, 2.05) is 0 Å². The van der Waals surface area contributed by atoms with Gasteiger partial charge in [-0.2, -0.15) is 0 Å². The molecule has 0 bridgehead atoms. The Morgan fingerprint density at radius 3 is 2.72 bits per heavy atom. The van der Waals surface area contributed by atoms with E-state index in [1.54, 1.807) is 13.8 Å². The maximum absolute atomic E-state index is 13.1. The van der Waals surface area contributed by atoms with Crippen molar-refractivity contribution >= 4 is 17.0 Å². The number of rotatable bonds is 3. The lowest BCUT2D eigenvalue weighted by atomic mass is 10.1. The second-order valence-electron chi connectivity index (χ2n) is 6.37. The molecule has 0 saturated carbocycles. The molecule has 25 heavy (non-hydrogen) atoms. The molecule has 2 aromatic rings. The maximum Gasteiger partial charge on any atom is 0.335 e. The molecule has 0 radical (unpaired) electrons. The second kappa shape index (κ2) is 5.41. The number of carbonyl (C=O) groups is 1. The summed E-state index contributed by atoms with van der Waals surface area (Å²) in [5, 5.41) is 9.56. The lowest BCUT2D eigenvalue weighted by Gasteiger charge is -2.24. The first kappa shape index (κ1) is 16.3. The minimum Gasteiger partial charge on any atom is -0.479 e. The molecule has 2 aromatic heterocycles. The summed E-state index contributed by atoms with van der Waals surface area (Å²) in [4.78, 5) is 19.1. The highest BCUT2D eigenvalue weighted by Crippen LogP contribution is 2.44. The van der Waals surface area contributed by atoms with Crippen LogP contribution in [-0.4, -0.2) is 49.7 Å². The molecule has 0 aromatic carbocycles.